The third kappa shape index (κ3) is 2.12. The van der Waals surface area contributed by atoms with E-state index >= 15 is 0 Å². The summed E-state index contributed by atoms with van der Waals surface area (Å²) in [5.74, 6) is 0. The average Bonchev–Trinajstić information content (AvgIpc) is 3.13. The Kier molecular flexibility index (Phi) is 2.91. The fourth-order valence-corrected chi connectivity index (χ4v) is 2.59. The Balaban J connectivity index is 1.83. The number of nitrogens with zero attached hydrogens (tertiary/aromatic N) is 2. The van der Waals surface area contributed by atoms with Crippen molar-refractivity contribution in [3.63, 3.8) is 0 Å². The zero-order valence-corrected chi connectivity index (χ0v) is 11.7. The van der Waals surface area contributed by atoms with Crippen molar-refractivity contribution in [1.82, 2.24) is 0 Å². The fourth-order valence-electron chi connectivity index (χ4n) is 2.46. The minimum absolute atomic E-state index is 0.0548. The highest BCUT2D eigenvalue weighted by Crippen LogP contribution is 2.46. The number of hydrogen-bond acceptors (Lipinski definition) is 3. The van der Waals surface area contributed by atoms with E-state index in [9.17, 15) is 10.1 Å². The zero-order chi connectivity index (χ0) is 14.3. The van der Waals surface area contributed by atoms with Crippen molar-refractivity contribution in [3.05, 3.63) is 69.2 Å². The number of rotatable bonds is 3. The monoisotopic (exact) mass is 288 g/mol. The second-order valence-corrected chi connectivity index (χ2v) is 5.58. The molecular weight excluding hydrogens is 276 g/mol. The molecule has 1 aliphatic heterocycles. The van der Waals surface area contributed by atoms with E-state index in [1.165, 1.54) is 17.7 Å². The molecule has 1 unspecified atom stereocenters. The van der Waals surface area contributed by atoms with Crippen LogP contribution in [-0.2, 0) is 5.54 Å². The summed E-state index contributed by atoms with van der Waals surface area (Å²) in [6, 6.07) is 14.5. The first-order valence-electron chi connectivity index (χ1n) is 6.29. The maximum Gasteiger partial charge on any atom is 0.269 e. The standard InChI is InChI=1S/C15H13ClN2O2/c1-15(11-2-4-12(16)5-3-11)10-17(15)13-6-8-14(9-7-13)18(19)20/h2-9H,10H2,1H3. The number of nitro groups is 1. The SMILES string of the molecule is CC1(c2ccc(Cl)cc2)CN1c1ccc([N+](=O)[O-])cc1. The summed E-state index contributed by atoms with van der Waals surface area (Å²) in [5.41, 5.74) is 2.25. The van der Waals surface area contributed by atoms with Crippen molar-refractivity contribution in [2.75, 3.05) is 11.4 Å². The first kappa shape index (κ1) is 12.9. The Hall–Kier alpha value is -2.07. The Labute approximate surface area is 121 Å². The predicted molar refractivity (Wildman–Crippen MR) is 79.2 cm³/mol. The van der Waals surface area contributed by atoms with Crippen molar-refractivity contribution in [3.8, 4) is 0 Å². The predicted octanol–water partition coefficient (Wildman–Crippen LogP) is 3.98. The van der Waals surface area contributed by atoms with Gasteiger partial charge in [-0.05, 0) is 36.8 Å². The van der Waals surface area contributed by atoms with E-state index in [4.69, 9.17) is 11.6 Å². The largest absolute Gasteiger partial charge is 0.358 e. The van der Waals surface area contributed by atoms with Gasteiger partial charge < -0.3 is 4.90 Å². The molecule has 0 aliphatic carbocycles. The van der Waals surface area contributed by atoms with Gasteiger partial charge in [-0.15, -0.1) is 0 Å². The summed E-state index contributed by atoms with van der Waals surface area (Å²) in [6.45, 7) is 3.05. The highest BCUT2D eigenvalue weighted by atomic mass is 35.5. The van der Waals surface area contributed by atoms with Crippen LogP contribution in [0.1, 0.15) is 12.5 Å². The Morgan fingerprint density at radius 3 is 2.30 bits per heavy atom. The summed E-state index contributed by atoms with van der Waals surface area (Å²) >= 11 is 5.91. The van der Waals surface area contributed by atoms with Crippen LogP contribution in [0.2, 0.25) is 5.02 Å². The molecule has 0 radical (unpaired) electrons. The third-order valence-electron chi connectivity index (χ3n) is 3.80. The first-order valence-corrected chi connectivity index (χ1v) is 6.67. The highest BCUT2D eigenvalue weighted by Gasteiger charge is 2.49. The lowest BCUT2D eigenvalue weighted by atomic mass is 10.0. The first-order chi connectivity index (χ1) is 9.50. The van der Waals surface area contributed by atoms with Crippen molar-refractivity contribution in [2.45, 2.75) is 12.5 Å². The average molecular weight is 289 g/mol. The molecule has 5 heteroatoms. The molecule has 20 heavy (non-hydrogen) atoms. The van der Waals surface area contributed by atoms with Gasteiger partial charge in [-0.25, -0.2) is 0 Å². The van der Waals surface area contributed by atoms with Gasteiger partial charge >= 0.3 is 0 Å². The number of halogens is 1. The van der Waals surface area contributed by atoms with E-state index in [-0.39, 0.29) is 16.1 Å². The van der Waals surface area contributed by atoms with Gasteiger partial charge in [0.1, 0.15) is 0 Å². The number of anilines is 1. The van der Waals surface area contributed by atoms with Crippen LogP contribution in [0.25, 0.3) is 0 Å². The molecule has 1 atom stereocenters. The number of hydrogen-bond donors (Lipinski definition) is 0. The molecule has 0 aromatic heterocycles. The van der Waals surface area contributed by atoms with Crippen LogP contribution >= 0.6 is 11.6 Å². The normalized spacial score (nSPS) is 20.8. The molecule has 1 fully saturated rings. The third-order valence-corrected chi connectivity index (χ3v) is 4.05. The maximum atomic E-state index is 10.7. The second kappa shape index (κ2) is 4.49. The van der Waals surface area contributed by atoms with Gasteiger partial charge in [-0.3, -0.25) is 10.1 Å². The van der Waals surface area contributed by atoms with E-state index in [2.05, 4.69) is 11.8 Å². The van der Waals surface area contributed by atoms with Crippen LogP contribution in [0.15, 0.2) is 48.5 Å². The van der Waals surface area contributed by atoms with Crippen LogP contribution in [0, 0.1) is 10.1 Å². The van der Waals surface area contributed by atoms with E-state index in [0.717, 1.165) is 17.3 Å². The lowest BCUT2D eigenvalue weighted by Crippen LogP contribution is -2.11. The van der Waals surface area contributed by atoms with E-state index in [1.54, 1.807) is 12.1 Å². The highest BCUT2D eigenvalue weighted by molar-refractivity contribution is 6.30. The van der Waals surface area contributed by atoms with Crippen LogP contribution < -0.4 is 4.90 Å². The quantitative estimate of drug-likeness (QED) is 0.487. The molecule has 3 rings (SSSR count). The Morgan fingerprint density at radius 2 is 1.75 bits per heavy atom. The molecule has 102 valence electrons. The molecule has 0 N–H and O–H groups in total. The summed E-state index contributed by atoms with van der Waals surface area (Å²) in [6.07, 6.45) is 0. The van der Waals surface area contributed by atoms with Crippen LogP contribution in [-0.4, -0.2) is 11.5 Å². The number of nitro benzene ring substituents is 1. The number of non-ortho nitro benzene ring substituents is 1. The van der Waals surface area contributed by atoms with Gasteiger partial charge in [0, 0.05) is 29.4 Å². The van der Waals surface area contributed by atoms with Crippen LogP contribution in [0.3, 0.4) is 0 Å². The van der Waals surface area contributed by atoms with Gasteiger partial charge in [0.25, 0.3) is 5.69 Å². The summed E-state index contributed by atoms with van der Waals surface area (Å²) in [5, 5.41) is 11.4. The molecule has 0 spiro atoms. The van der Waals surface area contributed by atoms with Crippen LogP contribution in [0.4, 0.5) is 11.4 Å². The molecule has 0 bridgehead atoms. The smallest absolute Gasteiger partial charge is 0.269 e. The van der Waals surface area contributed by atoms with Gasteiger partial charge in [0.2, 0.25) is 0 Å². The molecule has 0 saturated carbocycles. The number of benzene rings is 2. The van der Waals surface area contributed by atoms with E-state index in [1.807, 2.05) is 24.3 Å². The Morgan fingerprint density at radius 1 is 1.15 bits per heavy atom. The summed E-state index contributed by atoms with van der Waals surface area (Å²) in [4.78, 5) is 12.5. The minimum Gasteiger partial charge on any atom is -0.358 e. The molecule has 2 aromatic carbocycles. The maximum absolute atomic E-state index is 10.7. The molecular formula is C15H13ClN2O2. The summed E-state index contributed by atoms with van der Waals surface area (Å²) < 4.78 is 0. The van der Waals surface area contributed by atoms with E-state index < -0.39 is 0 Å². The fraction of sp³-hybridized carbons (Fsp3) is 0.200. The lowest BCUT2D eigenvalue weighted by molar-refractivity contribution is -0.384. The van der Waals surface area contributed by atoms with Crippen molar-refractivity contribution in [1.29, 1.82) is 0 Å². The van der Waals surface area contributed by atoms with Crippen LogP contribution in [0.5, 0.6) is 0 Å². The molecule has 4 nitrogen and oxygen atoms in total. The van der Waals surface area contributed by atoms with Gasteiger partial charge in [-0.2, -0.15) is 0 Å². The van der Waals surface area contributed by atoms with Gasteiger partial charge in [0.05, 0.1) is 10.5 Å². The van der Waals surface area contributed by atoms with Gasteiger partial charge in [0.15, 0.2) is 0 Å². The van der Waals surface area contributed by atoms with E-state index in [0.29, 0.717) is 0 Å². The van der Waals surface area contributed by atoms with Gasteiger partial charge in [-0.1, -0.05) is 23.7 Å². The second-order valence-electron chi connectivity index (χ2n) is 5.14. The molecule has 1 heterocycles. The lowest BCUT2D eigenvalue weighted by Gasteiger charge is -2.14. The minimum atomic E-state index is -0.385. The Bertz CT molecular complexity index is 655. The topological polar surface area (TPSA) is 46.1 Å². The molecule has 1 aliphatic rings. The molecule has 0 amide bonds. The van der Waals surface area contributed by atoms with Crippen molar-refractivity contribution >= 4 is 23.0 Å². The zero-order valence-electron chi connectivity index (χ0n) is 10.9. The van der Waals surface area contributed by atoms with Crippen molar-refractivity contribution < 1.29 is 4.92 Å². The molecule has 2 aromatic rings. The van der Waals surface area contributed by atoms with Crippen molar-refractivity contribution in [2.24, 2.45) is 0 Å². The summed E-state index contributed by atoms with van der Waals surface area (Å²) in [7, 11) is 0. The molecule has 1 saturated heterocycles.